The molecule has 0 atom stereocenters. The lowest BCUT2D eigenvalue weighted by atomic mass is 10.0. The van der Waals surface area contributed by atoms with Crippen molar-refractivity contribution in [2.24, 2.45) is 11.5 Å². The molecule has 238 valence electrons. The molecule has 0 spiro atoms. The minimum atomic E-state index is -0.179. The molecule has 1 aliphatic heterocycles. The molecule has 2 heterocycles. The van der Waals surface area contributed by atoms with Crippen LogP contribution in [0.3, 0.4) is 0 Å². The molecule has 1 saturated heterocycles. The zero-order valence-corrected chi connectivity index (χ0v) is 27.2. The van der Waals surface area contributed by atoms with Gasteiger partial charge in [-0.3, -0.25) is 14.4 Å². The van der Waals surface area contributed by atoms with E-state index in [0.29, 0.717) is 23.7 Å². The zero-order valence-electron chi connectivity index (χ0n) is 26.4. The molecule has 44 heavy (non-hydrogen) atoms. The predicted octanol–water partition coefficient (Wildman–Crippen LogP) is 4.90. The van der Waals surface area contributed by atoms with Crippen LogP contribution in [0.15, 0.2) is 71.7 Å². The van der Waals surface area contributed by atoms with Crippen LogP contribution in [-0.2, 0) is 33.6 Å². The van der Waals surface area contributed by atoms with Gasteiger partial charge in [-0.05, 0) is 62.8 Å². The van der Waals surface area contributed by atoms with E-state index in [9.17, 15) is 14.4 Å². The molecule has 10 nitrogen and oxygen atoms in total. The Bertz CT molecular complexity index is 1360. The second kappa shape index (κ2) is 19.8. The molecule has 1 aliphatic rings. The monoisotopic (exact) mass is 621 g/mol. The van der Waals surface area contributed by atoms with Gasteiger partial charge in [-0.15, -0.1) is 10.2 Å². The Labute approximate surface area is 265 Å². The largest absolute Gasteiger partial charge is 0.402 e. The molecule has 2 aromatic rings. The average Bonchev–Trinajstić information content (AvgIpc) is 3.40. The minimum absolute atomic E-state index is 0.129. The molecule has 0 bridgehead atoms. The number of nitrogens with two attached hydrogens (primary N) is 2. The SMILES string of the molecule is C/C=C\C=C(/C)CC(=O)N/C(N)=C/C=C(\N)CCCCc1nnc(NC(=O)Cc2cccc(CC(=O)N3CCC3)c2)s1.CC. The highest BCUT2D eigenvalue weighted by atomic mass is 32.1. The fourth-order valence-electron chi connectivity index (χ4n) is 4.16. The number of rotatable bonds is 15. The normalized spacial score (nSPS) is 13.6. The van der Waals surface area contributed by atoms with Crippen molar-refractivity contribution >= 4 is 34.2 Å². The molecule has 0 aliphatic carbocycles. The van der Waals surface area contributed by atoms with E-state index >= 15 is 0 Å². The number of allylic oxidation sites excluding steroid dienone is 6. The lowest BCUT2D eigenvalue weighted by Gasteiger charge is -2.31. The summed E-state index contributed by atoms with van der Waals surface area (Å²) in [6.45, 7) is 9.47. The van der Waals surface area contributed by atoms with Gasteiger partial charge < -0.3 is 27.0 Å². The van der Waals surface area contributed by atoms with E-state index in [2.05, 4.69) is 20.8 Å². The van der Waals surface area contributed by atoms with E-state index < -0.39 is 0 Å². The molecular formula is C33H47N7O3S. The van der Waals surface area contributed by atoms with E-state index in [1.165, 1.54) is 11.3 Å². The van der Waals surface area contributed by atoms with Crippen LogP contribution < -0.4 is 22.1 Å². The third kappa shape index (κ3) is 13.8. The summed E-state index contributed by atoms with van der Waals surface area (Å²) in [6.07, 6.45) is 14.0. The molecule has 1 fully saturated rings. The number of nitrogens with one attached hydrogen (secondary N) is 2. The van der Waals surface area contributed by atoms with Crippen LogP contribution in [0.4, 0.5) is 5.13 Å². The molecule has 11 heteroatoms. The summed E-state index contributed by atoms with van der Waals surface area (Å²) >= 11 is 1.36. The number of hydrogen-bond donors (Lipinski definition) is 4. The Balaban J connectivity index is 0.00000330. The molecule has 0 radical (unpaired) electrons. The summed E-state index contributed by atoms with van der Waals surface area (Å²) in [5.41, 5.74) is 15.3. The number of hydrogen-bond acceptors (Lipinski definition) is 8. The Kier molecular flexibility index (Phi) is 16.2. The van der Waals surface area contributed by atoms with Gasteiger partial charge in [0.25, 0.3) is 0 Å². The van der Waals surface area contributed by atoms with Gasteiger partial charge in [0.05, 0.1) is 12.8 Å². The fourth-order valence-corrected chi connectivity index (χ4v) is 4.96. The maximum absolute atomic E-state index is 12.6. The van der Waals surface area contributed by atoms with Crippen LogP contribution >= 0.6 is 11.3 Å². The minimum Gasteiger partial charge on any atom is -0.402 e. The number of carbonyl (C=O) groups excluding carboxylic acids is 3. The Morgan fingerprint density at radius 3 is 2.41 bits per heavy atom. The fraction of sp³-hybridized carbons (Fsp3) is 0.424. The Morgan fingerprint density at radius 2 is 1.73 bits per heavy atom. The van der Waals surface area contributed by atoms with Crippen molar-refractivity contribution in [1.29, 1.82) is 0 Å². The highest BCUT2D eigenvalue weighted by Crippen LogP contribution is 2.19. The first-order valence-electron chi connectivity index (χ1n) is 15.2. The predicted molar refractivity (Wildman–Crippen MR) is 178 cm³/mol. The van der Waals surface area contributed by atoms with Crippen molar-refractivity contribution in [2.45, 2.75) is 79.1 Å². The van der Waals surface area contributed by atoms with E-state index in [1.807, 2.05) is 75.1 Å². The van der Waals surface area contributed by atoms with Crippen LogP contribution in [0, 0.1) is 0 Å². The number of likely N-dealkylation sites (tertiary alicyclic amines) is 1. The van der Waals surface area contributed by atoms with Crippen molar-refractivity contribution < 1.29 is 14.4 Å². The van der Waals surface area contributed by atoms with Crippen molar-refractivity contribution in [3.05, 3.63) is 87.9 Å². The van der Waals surface area contributed by atoms with Crippen molar-refractivity contribution in [3.63, 3.8) is 0 Å². The van der Waals surface area contributed by atoms with Crippen LogP contribution in [0.1, 0.15) is 75.9 Å². The molecule has 6 N–H and O–H groups in total. The molecule has 3 amide bonds. The lowest BCUT2D eigenvalue weighted by Crippen LogP contribution is -2.42. The van der Waals surface area contributed by atoms with Gasteiger partial charge in [0.15, 0.2) is 0 Å². The van der Waals surface area contributed by atoms with Gasteiger partial charge in [0.1, 0.15) is 10.8 Å². The third-order valence-corrected chi connectivity index (χ3v) is 7.41. The first kappa shape index (κ1) is 35.9. The molecule has 3 rings (SSSR count). The maximum Gasteiger partial charge on any atom is 0.230 e. The maximum atomic E-state index is 12.6. The van der Waals surface area contributed by atoms with Crippen LogP contribution in [0.2, 0.25) is 0 Å². The first-order chi connectivity index (χ1) is 21.2. The van der Waals surface area contributed by atoms with Crippen molar-refractivity contribution in [3.8, 4) is 0 Å². The summed E-state index contributed by atoms with van der Waals surface area (Å²) in [6, 6.07) is 7.59. The number of unbranched alkanes of at least 4 members (excludes halogenated alkanes) is 1. The highest BCUT2D eigenvalue weighted by molar-refractivity contribution is 7.15. The number of aryl methyl sites for hydroxylation is 1. The summed E-state index contributed by atoms with van der Waals surface area (Å²) in [4.78, 5) is 38.7. The van der Waals surface area contributed by atoms with Gasteiger partial charge in [-0.2, -0.15) is 0 Å². The Hall–Kier alpha value is -4.25. The molecule has 0 unspecified atom stereocenters. The molecular weight excluding hydrogens is 574 g/mol. The summed E-state index contributed by atoms with van der Waals surface area (Å²) in [5, 5.41) is 15.1. The number of amides is 3. The number of nitrogens with zero attached hydrogens (tertiary/aromatic N) is 3. The van der Waals surface area contributed by atoms with Gasteiger partial charge in [-0.1, -0.05) is 73.3 Å². The van der Waals surface area contributed by atoms with Crippen LogP contribution in [0.25, 0.3) is 0 Å². The topological polar surface area (TPSA) is 156 Å². The molecule has 1 aromatic carbocycles. The van der Waals surface area contributed by atoms with Gasteiger partial charge in [0, 0.05) is 31.6 Å². The van der Waals surface area contributed by atoms with Crippen molar-refractivity contribution in [1.82, 2.24) is 20.4 Å². The second-order valence-electron chi connectivity index (χ2n) is 10.3. The van der Waals surface area contributed by atoms with Crippen LogP contribution in [0.5, 0.6) is 0 Å². The smallest absolute Gasteiger partial charge is 0.230 e. The van der Waals surface area contributed by atoms with E-state index in [4.69, 9.17) is 11.5 Å². The summed E-state index contributed by atoms with van der Waals surface area (Å²) in [7, 11) is 0. The standard InChI is InChI=1S/C31H41N7O3S.C2H6/c1-3-4-9-22(2)18-27(39)34-26(33)15-14-25(32)12-5-6-13-29-36-37-31(42-29)35-28(40)20-23-10-7-11-24(19-23)21-30(41)38-16-8-17-38;1-2/h3-4,7,9-11,14-15,19H,5-6,8,12-13,16-18,20-21,32-33H2,1-2H3,(H,34,39)(H,35,37,40);1-2H3/b4-3-,22-9+,25-14-,26-15+;. The van der Waals surface area contributed by atoms with E-state index in [0.717, 1.165) is 60.5 Å². The van der Waals surface area contributed by atoms with Gasteiger partial charge in [-0.25, -0.2) is 0 Å². The molecule has 0 saturated carbocycles. The summed E-state index contributed by atoms with van der Waals surface area (Å²) < 4.78 is 0. The zero-order chi connectivity index (χ0) is 32.3. The number of benzene rings is 1. The van der Waals surface area contributed by atoms with Crippen LogP contribution in [-0.4, -0.2) is 45.9 Å². The third-order valence-electron chi connectivity index (χ3n) is 6.51. The average molecular weight is 622 g/mol. The first-order valence-corrected chi connectivity index (χ1v) is 16.0. The number of carbonyl (C=O) groups is 3. The second-order valence-corrected chi connectivity index (χ2v) is 11.4. The lowest BCUT2D eigenvalue weighted by molar-refractivity contribution is -0.133. The number of aromatic nitrogens is 2. The molecule has 1 aromatic heterocycles. The highest BCUT2D eigenvalue weighted by Gasteiger charge is 2.20. The van der Waals surface area contributed by atoms with E-state index in [1.54, 1.807) is 12.2 Å². The summed E-state index contributed by atoms with van der Waals surface area (Å²) in [5.74, 6) is 0.0203. The number of anilines is 1. The van der Waals surface area contributed by atoms with Gasteiger partial charge in [0.2, 0.25) is 22.9 Å². The van der Waals surface area contributed by atoms with Crippen molar-refractivity contribution in [2.75, 3.05) is 18.4 Å². The quantitative estimate of drug-likeness (QED) is 0.163. The van der Waals surface area contributed by atoms with E-state index in [-0.39, 0.29) is 36.4 Å². The van der Waals surface area contributed by atoms with Gasteiger partial charge >= 0.3 is 0 Å². The Morgan fingerprint density at radius 1 is 1.00 bits per heavy atom.